The number of rotatable bonds is 5. The molecule has 0 aliphatic carbocycles. The molecule has 2 aromatic rings. The largest absolute Gasteiger partial charge is 0.338 e. The van der Waals surface area contributed by atoms with Gasteiger partial charge in [0.25, 0.3) is 5.91 Å². The number of alkyl halides is 1. The van der Waals surface area contributed by atoms with E-state index in [4.69, 9.17) is 19.8 Å². The summed E-state index contributed by atoms with van der Waals surface area (Å²) in [6, 6.07) is 2.83. The maximum atomic E-state index is 16.1. The number of carbonyl (C=O) groups excluding carboxylic acids is 1. The number of benzene rings is 1. The van der Waals surface area contributed by atoms with Crippen LogP contribution in [0.4, 0.5) is 8.78 Å². The molecule has 1 fully saturated rings. The molecule has 4 nitrogen and oxygen atoms in total. The van der Waals surface area contributed by atoms with E-state index in [9.17, 15) is 9.18 Å². The highest BCUT2D eigenvalue weighted by atomic mass is 35.5. The van der Waals surface area contributed by atoms with E-state index in [1.54, 1.807) is 19.3 Å². The molecule has 0 bridgehead atoms. The van der Waals surface area contributed by atoms with E-state index in [1.807, 2.05) is 0 Å². The van der Waals surface area contributed by atoms with Crippen LogP contribution in [0.15, 0.2) is 30.6 Å². The first kappa shape index (κ1) is 13.2. The fourth-order valence-electron chi connectivity index (χ4n) is 2.54. The standard InChI is InChI=1S/C20H22ClF2N3O/c1-14-12-24-18(25-13-14)3-2-6-20(23)7-9-26(10-8-20)19(27)15-4-5-17(22)16(21)11-15/h4-5,11-13H,2-3,6-10H2,1H3/i7D2,8D2,9D2. The molecular weight excluding hydrogens is 372 g/mol. The molecule has 27 heavy (non-hydrogen) atoms. The van der Waals surface area contributed by atoms with Crippen LogP contribution < -0.4 is 0 Å². The molecule has 144 valence electrons. The van der Waals surface area contributed by atoms with Crippen LogP contribution in [0.1, 0.15) is 55.6 Å². The van der Waals surface area contributed by atoms with Gasteiger partial charge in [0.1, 0.15) is 17.3 Å². The molecule has 0 saturated carbocycles. The van der Waals surface area contributed by atoms with Crippen LogP contribution in [0.25, 0.3) is 0 Å². The Hall–Kier alpha value is -2.08. The Balaban J connectivity index is 1.89. The van der Waals surface area contributed by atoms with Gasteiger partial charge >= 0.3 is 0 Å². The smallest absolute Gasteiger partial charge is 0.253 e. The molecule has 0 spiro atoms. The first-order chi connectivity index (χ1) is 15.1. The van der Waals surface area contributed by atoms with Crippen molar-refractivity contribution in [2.45, 2.75) is 44.6 Å². The average Bonchev–Trinajstić information content (AvgIpc) is 2.73. The Morgan fingerprint density at radius 1 is 1.37 bits per heavy atom. The molecule has 7 heteroatoms. The van der Waals surface area contributed by atoms with E-state index in [2.05, 4.69) is 9.97 Å². The van der Waals surface area contributed by atoms with Crippen molar-refractivity contribution in [1.82, 2.24) is 14.9 Å². The van der Waals surface area contributed by atoms with Gasteiger partial charge in [-0.1, -0.05) is 11.6 Å². The zero-order valence-corrected chi connectivity index (χ0v) is 15.4. The number of amides is 1. The van der Waals surface area contributed by atoms with E-state index >= 15 is 4.39 Å². The van der Waals surface area contributed by atoms with Gasteiger partial charge in [-0.2, -0.15) is 0 Å². The Labute approximate surface area is 171 Å². The molecule has 1 aliphatic rings. The Kier molecular flexibility index (Phi) is 4.04. The maximum absolute atomic E-state index is 16.1. The summed E-state index contributed by atoms with van der Waals surface area (Å²) >= 11 is 5.68. The lowest BCUT2D eigenvalue weighted by atomic mass is 9.88. The average molecular weight is 400 g/mol. The molecule has 1 unspecified atom stereocenters. The van der Waals surface area contributed by atoms with Gasteiger partial charge in [0.05, 0.1) is 5.02 Å². The topological polar surface area (TPSA) is 46.1 Å². The molecule has 1 amide bonds. The predicted molar refractivity (Wildman–Crippen MR) is 100 cm³/mol. The van der Waals surface area contributed by atoms with Gasteiger partial charge < -0.3 is 4.90 Å². The second kappa shape index (κ2) is 8.30. The lowest BCUT2D eigenvalue weighted by Gasteiger charge is -2.36. The van der Waals surface area contributed by atoms with Gasteiger partial charge in [-0.3, -0.25) is 4.79 Å². The molecule has 3 rings (SSSR count). The Bertz CT molecular complexity index is 1060. The summed E-state index contributed by atoms with van der Waals surface area (Å²) in [7, 11) is 0. The van der Waals surface area contributed by atoms with Crippen molar-refractivity contribution in [3.8, 4) is 0 Å². The van der Waals surface area contributed by atoms with Crippen molar-refractivity contribution in [3.05, 3.63) is 58.4 Å². The van der Waals surface area contributed by atoms with Crippen molar-refractivity contribution in [1.29, 1.82) is 0 Å². The SMILES string of the molecule is [2H]C1([2H])CN(C(=O)c2ccc(F)c(Cl)c2)C([2H])([2H])C([2H])([2H])C1(F)CCCc1ncc(C)cn1. The monoisotopic (exact) mass is 399 g/mol. The molecule has 1 atom stereocenters. The fraction of sp³-hybridized carbons (Fsp3) is 0.450. The molecule has 2 heterocycles. The van der Waals surface area contributed by atoms with Crippen LogP contribution in [0.2, 0.25) is 5.02 Å². The van der Waals surface area contributed by atoms with E-state index in [0.29, 0.717) is 10.7 Å². The number of hydrogen-bond donors (Lipinski definition) is 0. The third kappa shape index (κ3) is 5.01. The number of halogens is 3. The number of aryl methyl sites for hydroxylation is 2. The van der Waals surface area contributed by atoms with Crippen LogP contribution in [0.3, 0.4) is 0 Å². The lowest BCUT2D eigenvalue weighted by Crippen LogP contribution is -2.44. The van der Waals surface area contributed by atoms with Gasteiger partial charge in [0.2, 0.25) is 0 Å². The predicted octanol–water partition coefficient (Wildman–Crippen LogP) is 4.54. The molecule has 1 aromatic heterocycles. The summed E-state index contributed by atoms with van der Waals surface area (Å²) in [6.45, 7) is -2.48. The van der Waals surface area contributed by atoms with Crippen LogP contribution in [-0.2, 0) is 6.42 Å². The minimum absolute atomic E-state index is 0.0455. The number of piperidine rings is 1. The van der Waals surface area contributed by atoms with Gasteiger partial charge in [-0.15, -0.1) is 0 Å². The highest BCUT2D eigenvalue weighted by molar-refractivity contribution is 6.31. The number of carbonyl (C=O) groups is 1. The minimum atomic E-state index is -3.42. The van der Waals surface area contributed by atoms with Crippen molar-refractivity contribution < 1.29 is 21.8 Å². The van der Waals surface area contributed by atoms with Crippen LogP contribution in [0.5, 0.6) is 0 Å². The number of aromatic nitrogens is 2. The Morgan fingerprint density at radius 3 is 2.81 bits per heavy atom. The number of nitrogens with zero attached hydrogens (tertiary/aromatic N) is 3. The summed E-state index contributed by atoms with van der Waals surface area (Å²) in [4.78, 5) is 21.4. The quantitative estimate of drug-likeness (QED) is 0.741. The van der Waals surface area contributed by atoms with Crippen molar-refractivity contribution in [2.24, 2.45) is 0 Å². The van der Waals surface area contributed by atoms with Crippen molar-refractivity contribution in [2.75, 3.05) is 13.0 Å². The highest BCUT2D eigenvalue weighted by Gasteiger charge is 2.35. The van der Waals surface area contributed by atoms with Gasteiger partial charge in [0.15, 0.2) is 0 Å². The third-order valence-electron chi connectivity index (χ3n) is 4.07. The number of likely N-dealkylation sites (tertiary alicyclic amines) is 1. The van der Waals surface area contributed by atoms with Crippen LogP contribution in [0, 0.1) is 12.7 Å². The van der Waals surface area contributed by atoms with E-state index in [1.165, 1.54) is 0 Å². The number of hydrogen-bond acceptors (Lipinski definition) is 3. The van der Waals surface area contributed by atoms with Crippen LogP contribution >= 0.6 is 11.6 Å². The van der Waals surface area contributed by atoms with E-state index in [0.717, 1.165) is 23.8 Å². The summed E-state index contributed by atoms with van der Waals surface area (Å²) in [6.07, 6.45) is -3.79. The fourth-order valence-corrected chi connectivity index (χ4v) is 2.72. The third-order valence-corrected chi connectivity index (χ3v) is 4.36. The summed E-state index contributed by atoms with van der Waals surface area (Å²) in [5, 5.41) is -0.414. The second-order valence-corrected chi connectivity index (χ2v) is 6.67. The molecule has 0 radical (unpaired) electrons. The highest BCUT2D eigenvalue weighted by Crippen LogP contribution is 2.32. The maximum Gasteiger partial charge on any atom is 0.253 e. The van der Waals surface area contributed by atoms with Crippen molar-refractivity contribution >= 4 is 17.5 Å². The molecule has 1 saturated heterocycles. The molecular formula is C20H22ClF2N3O. The molecule has 1 aromatic carbocycles. The zero-order chi connectivity index (χ0) is 24.8. The van der Waals surface area contributed by atoms with Gasteiger partial charge in [0, 0.05) is 45.6 Å². The summed E-state index contributed by atoms with van der Waals surface area (Å²) in [5.41, 5.74) is -2.72. The first-order valence-electron chi connectivity index (χ1n) is 11.4. The summed E-state index contributed by atoms with van der Waals surface area (Å²) in [5.74, 6) is -1.58. The van der Waals surface area contributed by atoms with Gasteiger partial charge in [-0.05, 0) is 56.3 Å². The Morgan fingerprint density at radius 2 is 2.11 bits per heavy atom. The van der Waals surface area contributed by atoms with E-state index in [-0.39, 0.29) is 18.4 Å². The first-order valence-corrected chi connectivity index (χ1v) is 8.75. The van der Waals surface area contributed by atoms with Gasteiger partial charge in [-0.25, -0.2) is 18.7 Å². The molecule has 1 aliphatic heterocycles. The van der Waals surface area contributed by atoms with Crippen molar-refractivity contribution in [3.63, 3.8) is 0 Å². The lowest BCUT2D eigenvalue weighted by molar-refractivity contribution is 0.0389. The summed E-state index contributed by atoms with van der Waals surface area (Å²) < 4.78 is 79.2. The van der Waals surface area contributed by atoms with E-state index < -0.39 is 54.6 Å². The minimum Gasteiger partial charge on any atom is -0.338 e. The zero-order valence-electron chi connectivity index (χ0n) is 20.6. The van der Waals surface area contributed by atoms with Crippen LogP contribution in [-0.4, -0.2) is 39.5 Å². The molecule has 0 N–H and O–H groups in total. The normalized spacial score (nSPS) is 28.8. The second-order valence-electron chi connectivity index (χ2n) is 6.27.